The van der Waals surface area contributed by atoms with Gasteiger partial charge in [0, 0.05) is 39.8 Å². The van der Waals surface area contributed by atoms with E-state index >= 15 is 0 Å². The van der Waals surface area contributed by atoms with Crippen molar-refractivity contribution >= 4 is 40.3 Å². The number of rotatable bonds is 4. The van der Waals surface area contributed by atoms with Gasteiger partial charge in [0.2, 0.25) is 0 Å². The first-order valence-corrected chi connectivity index (χ1v) is 10.00. The first kappa shape index (κ1) is 19.0. The minimum Gasteiger partial charge on any atom is -0.387 e. The molecule has 28 heavy (non-hydrogen) atoms. The zero-order chi connectivity index (χ0) is 20.0. The van der Waals surface area contributed by atoms with Crippen molar-refractivity contribution in [2.45, 2.75) is 5.92 Å². The maximum absolute atomic E-state index is 6.55. The fourth-order valence-electron chi connectivity index (χ4n) is 4.00. The van der Waals surface area contributed by atoms with Gasteiger partial charge in [0.15, 0.2) is 0 Å². The lowest BCUT2D eigenvalue weighted by Gasteiger charge is -2.18. The highest BCUT2D eigenvalue weighted by Gasteiger charge is 2.32. The molecular formula is C23H23Cl2N3. The van der Waals surface area contributed by atoms with Gasteiger partial charge in [0.1, 0.15) is 0 Å². The molecule has 0 fully saturated rings. The lowest BCUT2D eigenvalue weighted by atomic mass is 9.89. The van der Waals surface area contributed by atoms with Crippen molar-refractivity contribution in [3.8, 4) is 11.1 Å². The van der Waals surface area contributed by atoms with E-state index in [9.17, 15) is 0 Å². The molecule has 3 nitrogen and oxygen atoms in total. The third-order valence-electron chi connectivity index (χ3n) is 5.47. The molecule has 2 N–H and O–H groups in total. The minimum absolute atomic E-state index is 0.105. The van der Waals surface area contributed by atoms with E-state index in [4.69, 9.17) is 23.2 Å². The van der Waals surface area contributed by atoms with Crippen molar-refractivity contribution in [2.24, 2.45) is 0 Å². The summed E-state index contributed by atoms with van der Waals surface area (Å²) in [6.07, 6.45) is 0. The van der Waals surface area contributed by atoms with Crippen LogP contribution >= 0.6 is 23.2 Å². The molecule has 5 heteroatoms. The number of halogens is 2. The van der Waals surface area contributed by atoms with Crippen molar-refractivity contribution in [2.75, 3.05) is 43.7 Å². The lowest BCUT2D eigenvalue weighted by Crippen LogP contribution is -2.08. The van der Waals surface area contributed by atoms with Crippen LogP contribution in [-0.4, -0.2) is 28.2 Å². The summed E-state index contributed by atoms with van der Waals surface area (Å²) < 4.78 is 0. The van der Waals surface area contributed by atoms with E-state index in [1.165, 1.54) is 33.5 Å². The van der Waals surface area contributed by atoms with Crippen LogP contribution in [0.25, 0.3) is 11.1 Å². The van der Waals surface area contributed by atoms with Gasteiger partial charge in [-0.2, -0.15) is 0 Å². The van der Waals surface area contributed by atoms with E-state index in [0.717, 1.165) is 21.4 Å². The van der Waals surface area contributed by atoms with Gasteiger partial charge in [0.25, 0.3) is 0 Å². The zero-order valence-electron chi connectivity index (χ0n) is 16.4. The highest BCUT2D eigenvalue weighted by atomic mass is 35.5. The van der Waals surface area contributed by atoms with Crippen LogP contribution in [0.3, 0.4) is 0 Å². The first-order valence-electron chi connectivity index (χ1n) is 9.24. The van der Waals surface area contributed by atoms with Gasteiger partial charge >= 0.3 is 0 Å². The fourth-order valence-corrected chi connectivity index (χ4v) is 4.53. The average Bonchev–Trinajstić information content (AvgIpc) is 2.98. The molecule has 0 atom stereocenters. The Hall–Kier alpha value is -2.36. The van der Waals surface area contributed by atoms with Gasteiger partial charge in [-0.05, 0) is 64.2 Å². The van der Waals surface area contributed by atoms with Crippen LogP contribution in [-0.2, 0) is 0 Å². The normalized spacial score (nSPS) is 12.5. The van der Waals surface area contributed by atoms with Crippen LogP contribution in [0.5, 0.6) is 0 Å². The third-order valence-corrected chi connectivity index (χ3v) is 6.10. The van der Waals surface area contributed by atoms with Crippen LogP contribution in [0.4, 0.5) is 17.1 Å². The molecule has 0 aromatic heterocycles. The molecule has 3 aromatic rings. The second-order valence-corrected chi connectivity index (χ2v) is 8.07. The molecule has 0 radical (unpaired) electrons. The van der Waals surface area contributed by atoms with Gasteiger partial charge in [-0.15, -0.1) is 0 Å². The summed E-state index contributed by atoms with van der Waals surface area (Å²) in [5.74, 6) is 0.105. The van der Waals surface area contributed by atoms with Gasteiger partial charge in [-0.25, -0.2) is 0 Å². The Morgan fingerprint density at radius 2 is 1.21 bits per heavy atom. The molecule has 0 bridgehead atoms. The molecule has 4 rings (SSSR count). The standard InChI is InChI=1S/C23H23Cl2N3/c1-26-21-11-15-16-12-22(27-2)20(25)10-18(16)23(17(15)9-19(21)24)13-5-7-14(8-6-13)28(3)4/h5-12,23,26-27H,1-4H3. The van der Waals surface area contributed by atoms with Crippen molar-refractivity contribution in [1.29, 1.82) is 0 Å². The predicted octanol–water partition coefficient (Wildman–Crippen LogP) is 6.30. The number of nitrogens with zero attached hydrogens (tertiary/aromatic N) is 1. The summed E-state index contributed by atoms with van der Waals surface area (Å²) in [6, 6.07) is 17.1. The van der Waals surface area contributed by atoms with Crippen molar-refractivity contribution in [3.63, 3.8) is 0 Å². The summed E-state index contributed by atoms with van der Waals surface area (Å²) in [7, 11) is 7.88. The molecule has 0 saturated heterocycles. The SMILES string of the molecule is CNc1cc2c(cc1Cl)C(c1ccc(N(C)C)cc1)c1cc(Cl)c(NC)cc1-2. The number of fused-ring (bicyclic) bond motifs is 3. The van der Waals surface area contributed by atoms with Crippen molar-refractivity contribution in [3.05, 3.63) is 75.3 Å². The highest BCUT2D eigenvalue weighted by molar-refractivity contribution is 6.34. The Labute approximate surface area is 176 Å². The van der Waals surface area contributed by atoms with E-state index in [1.807, 2.05) is 28.2 Å². The molecule has 0 unspecified atom stereocenters. The Bertz CT molecular complexity index is 983. The summed E-state index contributed by atoms with van der Waals surface area (Å²) >= 11 is 13.1. The molecule has 0 saturated carbocycles. The Kier molecular flexibility index (Phi) is 4.90. The number of benzene rings is 3. The van der Waals surface area contributed by atoms with Gasteiger partial charge < -0.3 is 15.5 Å². The topological polar surface area (TPSA) is 27.3 Å². The molecule has 0 heterocycles. The summed E-state index contributed by atoms with van der Waals surface area (Å²) in [5.41, 5.74) is 9.06. The first-order chi connectivity index (χ1) is 13.4. The summed E-state index contributed by atoms with van der Waals surface area (Å²) in [4.78, 5) is 2.10. The predicted molar refractivity (Wildman–Crippen MR) is 123 cm³/mol. The smallest absolute Gasteiger partial charge is 0.0640 e. The Balaban J connectivity index is 1.95. The minimum atomic E-state index is 0.105. The number of anilines is 3. The van der Waals surface area contributed by atoms with Crippen molar-refractivity contribution < 1.29 is 0 Å². The maximum Gasteiger partial charge on any atom is 0.0640 e. The lowest BCUT2D eigenvalue weighted by molar-refractivity contribution is 1.01. The molecule has 144 valence electrons. The largest absolute Gasteiger partial charge is 0.387 e. The van der Waals surface area contributed by atoms with E-state index < -0.39 is 0 Å². The molecule has 3 aromatic carbocycles. The molecule has 0 amide bonds. The van der Waals surface area contributed by atoms with Crippen LogP contribution < -0.4 is 15.5 Å². The molecule has 1 aliphatic rings. The Morgan fingerprint density at radius 3 is 1.61 bits per heavy atom. The molecule has 1 aliphatic carbocycles. The van der Waals surface area contributed by atoms with Crippen LogP contribution in [0, 0.1) is 0 Å². The number of hydrogen-bond acceptors (Lipinski definition) is 3. The van der Waals surface area contributed by atoms with Gasteiger partial charge in [0.05, 0.1) is 21.4 Å². The quantitative estimate of drug-likeness (QED) is 0.412. The van der Waals surface area contributed by atoms with E-state index in [0.29, 0.717) is 0 Å². The van der Waals surface area contributed by atoms with E-state index in [-0.39, 0.29) is 5.92 Å². The average molecular weight is 412 g/mol. The van der Waals surface area contributed by atoms with E-state index in [1.54, 1.807) is 0 Å². The third kappa shape index (κ3) is 2.99. The van der Waals surface area contributed by atoms with Gasteiger partial charge in [-0.1, -0.05) is 35.3 Å². The zero-order valence-corrected chi connectivity index (χ0v) is 17.9. The van der Waals surface area contributed by atoms with Crippen molar-refractivity contribution in [1.82, 2.24) is 0 Å². The van der Waals surface area contributed by atoms with Crippen LogP contribution in [0.1, 0.15) is 22.6 Å². The maximum atomic E-state index is 6.55. The second kappa shape index (κ2) is 7.23. The number of hydrogen-bond donors (Lipinski definition) is 2. The van der Waals surface area contributed by atoms with Crippen LogP contribution in [0.15, 0.2) is 48.5 Å². The van der Waals surface area contributed by atoms with E-state index in [2.05, 4.69) is 64.1 Å². The number of nitrogens with one attached hydrogen (secondary N) is 2. The summed E-state index contributed by atoms with van der Waals surface area (Å²) in [5, 5.41) is 7.83. The van der Waals surface area contributed by atoms with Gasteiger partial charge in [-0.3, -0.25) is 0 Å². The monoisotopic (exact) mass is 411 g/mol. The highest BCUT2D eigenvalue weighted by Crippen LogP contribution is 2.52. The van der Waals surface area contributed by atoms with Crippen LogP contribution in [0.2, 0.25) is 10.0 Å². The fraction of sp³-hybridized carbons (Fsp3) is 0.217. The molecule has 0 aliphatic heterocycles. The Morgan fingerprint density at radius 1 is 0.750 bits per heavy atom. The molecular weight excluding hydrogens is 389 g/mol. The summed E-state index contributed by atoms with van der Waals surface area (Å²) in [6.45, 7) is 0. The molecule has 0 spiro atoms. The second-order valence-electron chi connectivity index (χ2n) is 7.26.